The normalized spacial score (nSPS) is 15.6. The van der Waals surface area contributed by atoms with E-state index < -0.39 is 0 Å². The van der Waals surface area contributed by atoms with Crippen LogP contribution in [-0.4, -0.2) is 48.5 Å². The number of rotatable bonds is 3. The molecule has 0 radical (unpaired) electrons. The largest absolute Gasteiger partial charge is 0.478 e. The highest BCUT2D eigenvalue weighted by atomic mass is 16.5. The summed E-state index contributed by atoms with van der Waals surface area (Å²) in [5.74, 6) is 2.10. The van der Waals surface area contributed by atoms with Crippen LogP contribution in [0.1, 0.15) is 38.8 Å². The van der Waals surface area contributed by atoms with Crippen molar-refractivity contribution in [2.75, 3.05) is 32.9 Å². The van der Waals surface area contributed by atoms with Crippen molar-refractivity contribution in [1.29, 1.82) is 0 Å². The number of hydrogen-bond acceptors (Lipinski definition) is 4. The maximum Gasteiger partial charge on any atom is 0.142 e. The van der Waals surface area contributed by atoms with Crippen LogP contribution in [0.25, 0.3) is 0 Å². The Hall–Kier alpha value is -2.33. The van der Waals surface area contributed by atoms with E-state index >= 15 is 0 Å². The number of hydrogen-bond donors (Lipinski definition) is 0. The molecule has 2 aliphatic heterocycles. The van der Waals surface area contributed by atoms with Gasteiger partial charge in [0, 0.05) is 31.7 Å². The van der Waals surface area contributed by atoms with Crippen molar-refractivity contribution in [2.24, 2.45) is 4.99 Å². The quantitative estimate of drug-likeness (QED) is 0.790. The molecule has 0 atom stereocenters. The number of aliphatic imine (C=N–C) groups is 1. The summed E-state index contributed by atoms with van der Waals surface area (Å²) in [4.78, 5) is 9.50. The topological polar surface area (TPSA) is 28.1 Å². The van der Waals surface area contributed by atoms with Crippen LogP contribution in [-0.2, 0) is 6.54 Å². The van der Waals surface area contributed by atoms with Gasteiger partial charge in [-0.3, -0.25) is 9.89 Å². The second kappa shape index (κ2) is 11.4. The maximum absolute atomic E-state index is 5.84. The van der Waals surface area contributed by atoms with E-state index in [2.05, 4.69) is 34.1 Å². The summed E-state index contributed by atoms with van der Waals surface area (Å²) >= 11 is 0. The third kappa shape index (κ3) is 5.57. The van der Waals surface area contributed by atoms with Gasteiger partial charge < -0.3 is 9.64 Å². The zero-order valence-electron chi connectivity index (χ0n) is 17.2. The molecule has 0 unspecified atom stereocenters. The summed E-state index contributed by atoms with van der Waals surface area (Å²) in [6, 6.07) is 18.6. The van der Waals surface area contributed by atoms with Crippen LogP contribution in [0.2, 0.25) is 0 Å². The molecule has 0 bridgehead atoms. The van der Waals surface area contributed by atoms with Crippen LogP contribution >= 0.6 is 0 Å². The molecule has 1 saturated heterocycles. The van der Waals surface area contributed by atoms with Gasteiger partial charge in [0.1, 0.15) is 18.3 Å². The smallest absolute Gasteiger partial charge is 0.142 e. The molecule has 0 amide bonds. The molecule has 4 rings (SSSR count). The molecular formula is C23H33N3O. The highest BCUT2D eigenvalue weighted by Gasteiger charge is 2.24. The minimum Gasteiger partial charge on any atom is -0.478 e. The van der Waals surface area contributed by atoms with E-state index in [0.717, 1.165) is 38.5 Å². The fourth-order valence-electron chi connectivity index (χ4n) is 3.16. The molecule has 0 aromatic heterocycles. The standard InChI is InChI=1S/C19H21N3O.2C2H6/c1-2-7-17(8-3-1)23-15-21-10-12-22(13-11-21)19-18-9-5-4-6-16(18)14-20-19;2*1-2/h1-9H,10-15H2;2*1-2H3. The van der Waals surface area contributed by atoms with Gasteiger partial charge >= 0.3 is 0 Å². The molecule has 0 spiro atoms. The summed E-state index contributed by atoms with van der Waals surface area (Å²) in [7, 11) is 0. The molecule has 2 heterocycles. The molecule has 4 nitrogen and oxygen atoms in total. The Bertz CT molecular complexity index is 692. The van der Waals surface area contributed by atoms with Gasteiger partial charge in [0.2, 0.25) is 0 Å². The lowest BCUT2D eigenvalue weighted by molar-refractivity contribution is 0.0889. The van der Waals surface area contributed by atoms with Crippen molar-refractivity contribution in [3.63, 3.8) is 0 Å². The number of benzene rings is 2. The van der Waals surface area contributed by atoms with E-state index in [1.807, 2.05) is 58.0 Å². The van der Waals surface area contributed by atoms with Crippen LogP contribution in [0, 0.1) is 0 Å². The van der Waals surface area contributed by atoms with Crippen molar-refractivity contribution >= 4 is 5.84 Å². The Labute approximate surface area is 164 Å². The first-order chi connectivity index (χ1) is 13.4. The second-order valence-electron chi connectivity index (χ2n) is 5.99. The van der Waals surface area contributed by atoms with Crippen LogP contribution < -0.4 is 4.74 Å². The molecule has 2 aliphatic rings. The summed E-state index contributed by atoms with van der Waals surface area (Å²) in [5.41, 5.74) is 2.65. The molecular weight excluding hydrogens is 334 g/mol. The summed E-state index contributed by atoms with van der Waals surface area (Å²) < 4.78 is 5.84. The van der Waals surface area contributed by atoms with Gasteiger partial charge in [0.05, 0.1) is 6.54 Å². The molecule has 0 N–H and O–H groups in total. The molecule has 0 saturated carbocycles. The summed E-state index contributed by atoms with van der Waals surface area (Å²) in [5, 5.41) is 0. The fourth-order valence-corrected chi connectivity index (χ4v) is 3.16. The van der Waals surface area contributed by atoms with Gasteiger partial charge in [0.15, 0.2) is 0 Å². The lowest BCUT2D eigenvalue weighted by Crippen LogP contribution is -2.49. The number of nitrogens with zero attached hydrogens (tertiary/aromatic N) is 3. The zero-order valence-corrected chi connectivity index (χ0v) is 17.2. The average molecular weight is 368 g/mol. The molecule has 27 heavy (non-hydrogen) atoms. The number of para-hydroxylation sites is 1. The highest BCUT2D eigenvalue weighted by molar-refractivity contribution is 6.02. The van der Waals surface area contributed by atoms with Crippen LogP contribution in [0.3, 0.4) is 0 Å². The first-order valence-electron chi connectivity index (χ1n) is 10.2. The van der Waals surface area contributed by atoms with Gasteiger partial charge in [-0.1, -0.05) is 70.2 Å². The average Bonchev–Trinajstić information content (AvgIpc) is 3.20. The molecule has 2 aromatic rings. The highest BCUT2D eigenvalue weighted by Crippen LogP contribution is 2.21. The van der Waals surface area contributed by atoms with Crippen molar-refractivity contribution in [2.45, 2.75) is 34.2 Å². The Morgan fingerprint density at radius 2 is 1.44 bits per heavy atom. The van der Waals surface area contributed by atoms with Crippen molar-refractivity contribution in [1.82, 2.24) is 9.80 Å². The monoisotopic (exact) mass is 367 g/mol. The number of amidine groups is 1. The molecule has 1 fully saturated rings. The number of piperazine rings is 1. The van der Waals surface area contributed by atoms with Crippen molar-refractivity contribution in [3.05, 3.63) is 65.7 Å². The van der Waals surface area contributed by atoms with Gasteiger partial charge in [-0.05, 0) is 17.7 Å². The zero-order chi connectivity index (χ0) is 19.5. The summed E-state index contributed by atoms with van der Waals surface area (Å²) in [6.07, 6.45) is 0. The Morgan fingerprint density at radius 3 is 2.15 bits per heavy atom. The van der Waals surface area contributed by atoms with Crippen LogP contribution in [0.4, 0.5) is 0 Å². The van der Waals surface area contributed by atoms with E-state index in [4.69, 9.17) is 9.73 Å². The van der Waals surface area contributed by atoms with Crippen molar-refractivity contribution in [3.8, 4) is 5.75 Å². The van der Waals surface area contributed by atoms with E-state index in [-0.39, 0.29) is 0 Å². The molecule has 146 valence electrons. The van der Waals surface area contributed by atoms with Crippen LogP contribution in [0.15, 0.2) is 59.6 Å². The first-order valence-corrected chi connectivity index (χ1v) is 10.2. The molecule has 2 aromatic carbocycles. The molecule has 0 aliphatic carbocycles. The van der Waals surface area contributed by atoms with E-state index in [1.54, 1.807) is 0 Å². The first kappa shape index (κ1) is 21.0. The lowest BCUT2D eigenvalue weighted by atomic mass is 10.1. The van der Waals surface area contributed by atoms with Crippen LogP contribution in [0.5, 0.6) is 5.75 Å². The third-order valence-electron chi connectivity index (χ3n) is 4.49. The van der Waals surface area contributed by atoms with Gasteiger partial charge in [-0.2, -0.15) is 0 Å². The molecule has 4 heteroatoms. The predicted molar refractivity (Wildman–Crippen MR) is 114 cm³/mol. The Balaban J connectivity index is 0.000000614. The SMILES string of the molecule is CC.CC.c1ccc(OCN2CCN(C3=NCc4ccccc43)CC2)cc1. The van der Waals surface area contributed by atoms with E-state index in [1.165, 1.54) is 17.0 Å². The van der Waals surface area contributed by atoms with Gasteiger partial charge in [-0.15, -0.1) is 0 Å². The van der Waals surface area contributed by atoms with E-state index in [9.17, 15) is 0 Å². The summed E-state index contributed by atoms with van der Waals surface area (Å²) in [6.45, 7) is 13.5. The van der Waals surface area contributed by atoms with Crippen molar-refractivity contribution < 1.29 is 4.74 Å². The predicted octanol–water partition coefficient (Wildman–Crippen LogP) is 4.65. The minimum atomic E-state index is 0.654. The second-order valence-corrected chi connectivity index (χ2v) is 5.99. The third-order valence-corrected chi connectivity index (χ3v) is 4.49. The lowest BCUT2D eigenvalue weighted by Gasteiger charge is -2.35. The van der Waals surface area contributed by atoms with E-state index in [0.29, 0.717) is 6.73 Å². The fraction of sp³-hybridized carbons (Fsp3) is 0.435. The Kier molecular flexibility index (Phi) is 8.85. The van der Waals surface area contributed by atoms with Gasteiger partial charge in [-0.25, -0.2) is 0 Å². The van der Waals surface area contributed by atoms with Gasteiger partial charge in [0.25, 0.3) is 0 Å². The Morgan fingerprint density at radius 1 is 0.815 bits per heavy atom. The number of ether oxygens (including phenoxy) is 1. The minimum absolute atomic E-state index is 0.654. The number of fused-ring (bicyclic) bond motifs is 1. The maximum atomic E-state index is 5.84.